The fourth-order valence-electron chi connectivity index (χ4n) is 4.26. The van der Waals surface area contributed by atoms with Crippen LogP contribution >= 0.6 is 0 Å². The number of fused-ring (bicyclic) bond motifs is 1. The molecule has 2 aliphatic rings. The van der Waals surface area contributed by atoms with E-state index in [0.717, 1.165) is 24.9 Å². The summed E-state index contributed by atoms with van der Waals surface area (Å²) in [6.07, 6.45) is 4.19. The summed E-state index contributed by atoms with van der Waals surface area (Å²) < 4.78 is 23.2. The van der Waals surface area contributed by atoms with Crippen LogP contribution in [0.15, 0.2) is 40.1 Å². The van der Waals surface area contributed by atoms with E-state index >= 15 is 0 Å². The quantitative estimate of drug-likeness (QED) is 0.478. The molecule has 0 saturated carbocycles. The number of anilines is 1. The summed E-state index contributed by atoms with van der Waals surface area (Å²) >= 11 is 0. The normalized spacial score (nSPS) is 19.8. The number of benzene rings is 1. The average molecular weight is 431 g/mol. The highest BCUT2D eigenvalue weighted by Crippen LogP contribution is 2.32. The molecule has 2 fully saturated rings. The van der Waals surface area contributed by atoms with Crippen molar-refractivity contribution in [2.45, 2.75) is 25.5 Å². The summed E-state index contributed by atoms with van der Waals surface area (Å²) in [5, 5.41) is 9.58. The molecular formula is C23H30N2O6. The van der Waals surface area contributed by atoms with Crippen molar-refractivity contribution in [3.63, 3.8) is 0 Å². The van der Waals surface area contributed by atoms with Crippen LogP contribution in [0.4, 0.5) is 5.88 Å². The van der Waals surface area contributed by atoms with Crippen LogP contribution in [0.3, 0.4) is 0 Å². The zero-order valence-corrected chi connectivity index (χ0v) is 17.8. The number of rotatable bonds is 9. The van der Waals surface area contributed by atoms with E-state index in [4.69, 9.17) is 23.7 Å². The largest absolute Gasteiger partial charge is 0.484 e. The molecule has 0 aliphatic carbocycles. The molecule has 1 N–H and O–H groups in total. The summed E-state index contributed by atoms with van der Waals surface area (Å²) in [4.78, 5) is 17.5. The van der Waals surface area contributed by atoms with Crippen molar-refractivity contribution in [1.82, 2.24) is 4.90 Å². The molecule has 3 heterocycles. The fourth-order valence-corrected chi connectivity index (χ4v) is 4.26. The van der Waals surface area contributed by atoms with Gasteiger partial charge in [0.2, 0.25) is 17.1 Å². The lowest BCUT2D eigenvalue weighted by molar-refractivity contribution is -0.104. The van der Waals surface area contributed by atoms with Gasteiger partial charge in [0.25, 0.3) is 0 Å². The topological polar surface area (TPSA) is 84.6 Å². The number of hydrogen-bond acceptors (Lipinski definition) is 8. The maximum Gasteiger partial charge on any atom is 0.243 e. The molecule has 2 saturated heterocycles. The summed E-state index contributed by atoms with van der Waals surface area (Å²) in [7, 11) is 0. The summed E-state index contributed by atoms with van der Waals surface area (Å²) in [5.41, 5.74) is 1.34. The van der Waals surface area contributed by atoms with Crippen LogP contribution in [0.25, 0.3) is 11.0 Å². The van der Waals surface area contributed by atoms with E-state index in [1.165, 1.54) is 0 Å². The average Bonchev–Trinajstić information content (AvgIpc) is 3.23. The minimum atomic E-state index is -0.301. The van der Waals surface area contributed by atoms with Gasteiger partial charge >= 0.3 is 0 Å². The maximum atomic E-state index is 13.4. The first kappa shape index (κ1) is 21.8. The van der Waals surface area contributed by atoms with Gasteiger partial charge in [0.15, 0.2) is 0 Å². The Hall–Kier alpha value is -2.39. The number of nitrogens with zero attached hydrogens (tertiary/aromatic N) is 2. The minimum absolute atomic E-state index is 0.109. The number of ether oxygens (including phenoxy) is 3. The van der Waals surface area contributed by atoms with Crippen LogP contribution < -0.4 is 15.1 Å². The molecule has 0 spiro atoms. The molecule has 4 rings (SSSR count). The van der Waals surface area contributed by atoms with Crippen molar-refractivity contribution in [1.29, 1.82) is 0 Å². The van der Waals surface area contributed by atoms with E-state index in [1.54, 1.807) is 12.1 Å². The van der Waals surface area contributed by atoms with Gasteiger partial charge in [-0.05, 0) is 30.9 Å². The first-order chi connectivity index (χ1) is 15.2. The van der Waals surface area contributed by atoms with Crippen LogP contribution in [-0.4, -0.2) is 69.0 Å². The van der Waals surface area contributed by atoms with Crippen LogP contribution in [0.2, 0.25) is 0 Å². The molecular weight excluding hydrogens is 400 g/mol. The predicted octanol–water partition coefficient (Wildman–Crippen LogP) is 2.13. The number of likely N-dealkylation sites (tertiary alicyclic amines) is 1. The Balaban J connectivity index is 1.63. The molecule has 168 valence electrons. The Morgan fingerprint density at radius 3 is 2.87 bits per heavy atom. The number of morpholine rings is 1. The van der Waals surface area contributed by atoms with Gasteiger partial charge < -0.3 is 28.6 Å². The molecule has 1 aromatic heterocycles. The summed E-state index contributed by atoms with van der Waals surface area (Å²) in [6, 6.07) is 5.58. The molecule has 1 atom stereocenters. The van der Waals surface area contributed by atoms with Gasteiger partial charge in [-0.2, -0.15) is 0 Å². The lowest BCUT2D eigenvalue weighted by Gasteiger charge is -2.29. The molecule has 8 heteroatoms. The zero-order valence-electron chi connectivity index (χ0n) is 17.8. The van der Waals surface area contributed by atoms with Gasteiger partial charge in [-0.25, -0.2) is 0 Å². The monoisotopic (exact) mass is 430 g/mol. The smallest absolute Gasteiger partial charge is 0.243 e. The van der Waals surface area contributed by atoms with E-state index in [1.807, 2.05) is 17.0 Å². The fraction of sp³-hybridized carbons (Fsp3) is 0.522. The van der Waals surface area contributed by atoms with Gasteiger partial charge in [-0.15, -0.1) is 6.58 Å². The van der Waals surface area contributed by atoms with Crippen molar-refractivity contribution in [2.75, 3.05) is 57.7 Å². The molecule has 0 radical (unpaired) electrons. The summed E-state index contributed by atoms with van der Waals surface area (Å²) in [5.74, 6) is 0.700. The van der Waals surface area contributed by atoms with Crippen molar-refractivity contribution < 1.29 is 23.7 Å². The molecule has 31 heavy (non-hydrogen) atoms. The maximum absolute atomic E-state index is 13.4. The molecule has 2 aromatic rings. The second-order valence-corrected chi connectivity index (χ2v) is 7.73. The van der Waals surface area contributed by atoms with Gasteiger partial charge in [-0.1, -0.05) is 18.2 Å². The highest BCUT2D eigenvalue weighted by Gasteiger charge is 2.27. The molecule has 0 amide bonds. The standard InChI is InChI=1S/C23H30N2O6/c1-2-5-17-6-3-7-18-20(27)22(23(31-21(17)18)25-10-13-28-14-11-25)29-15-12-24-9-4-8-19(24)30-16-26/h2-3,6-7,19,26H,1,4-5,8-16H2. The van der Waals surface area contributed by atoms with Gasteiger partial charge in [-0.3, -0.25) is 9.69 Å². The van der Waals surface area contributed by atoms with Crippen LogP contribution in [0.5, 0.6) is 5.75 Å². The Morgan fingerprint density at radius 2 is 2.10 bits per heavy atom. The zero-order chi connectivity index (χ0) is 21.6. The Labute approximate surface area is 181 Å². The second kappa shape index (κ2) is 10.3. The van der Waals surface area contributed by atoms with Crippen molar-refractivity contribution in [2.24, 2.45) is 0 Å². The van der Waals surface area contributed by atoms with E-state index in [0.29, 0.717) is 62.7 Å². The van der Waals surface area contributed by atoms with Crippen molar-refractivity contribution >= 4 is 16.9 Å². The van der Waals surface area contributed by atoms with E-state index in [2.05, 4.69) is 11.5 Å². The molecule has 8 nitrogen and oxygen atoms in total. The third kappa shape index (κ3) is 4.77. The number of aliphatic hydroxyl groups is 1. The van der Waals surface area contributed by atoms with E-state index < -0.39 is 0 Å². The van der Waals surface area contributed by atoms with Crippen LogP contribution in [0.1, 0.15) is 18.4 Å². The SMILES string of the molecule is C=CCc1cccc2c(=O)c(OCCN3CCCC3OCO)c(N3CCOCC3)oc12. The lowest BCUT2D eigenvalue weighted by atomic mass is 10.1. The van der Waals surface area contributed by atoms with Gasteiger partial charge in [0, 0.05) is 26.2 Å². The highest BCUT2D eigenvalue weighted by molar-refractivity contribution is 5.83. The number of aliphatic hydroxyl groups excluding tert-OH is 1. The predicted molar refractivity (Wildman–Crippen MR) is 118 cm³/mol. The van der Waals surface area contributed by atoms with Crippen molar-refractivity contribution in [3.8, 4) is 5.75 Å². The van der Waals surface area contributed by atoms with E-state index in [-0.39, 0.29) is 24.2 Å². The Bertz CT molecular complexity index is 953. The summed E-state index contributed by atoms with van der Waals surface area (Å²) in [6.45, 7) is 7.72. The number of para-hydroxylation sites is 1. The first-order valence-corrected chi connectivity index (χ1v) is 10.8. The Kier molecular flexibility index (Phi) is 7.24. The highest BCUT2D eigenvalue weighted by atomic mass is 16.6. The minimum Gasteiger partial charge on any atom is -0.484 e. The third-order valence-corrected chi connectivity index (χ3v) is 5.80. The third-order valence-electron chi connectivity index (χ3n) is 5.80. The molecule has 0 bridgehead atoms. The second-order valence-electron chi connectivity index (χ2n) is 7.73. The Morgan fingerprint density at radius 1 is 1.26 bits per heavy atom. The van der Waals surface area contributed by atoms with Crippen LogP contribution in [-0.2, 0) is 15.9 Å². The van der Waals surface area contributed by atoms with Crippen LogP contribution in [0, 0.1) is 0 Å². The van der Waals surface area contributed by atoms with Gasteiger partial charge in [0.05, 0.1) is 18.6 Å². The lowest BCUT2D eigenvalue weighted by Crippen LogP contribution is -2.38. The number of allylic oxidation sites excluding steroid dienone is 1. The molecule has 1 unspecified atom stereocenters. The number of hydrogen-bond donors (Lipinski definition) is 1. The molecule has 1 aromatic carbocycles. The van der Waals surface area contributed by atoms with Crippen molar-refractivity contribution in [3.05, 3.63) is 46.6 Å². The molecule has 2 aliphatic heterocycles. The first-order valence-electron chi connectivity index (χ1n) is 10.8. The van der Waals surface area contributed by atoms with E-state index in [9.17, 15) is 4.79 Å². The van der Waals surface area contributed by atoms with Gasteiger partial charge in [0.1, 0.15) is 25.2 Å².